The van der Waals surface area contributed by atoms with Crippen molar-refractivity contribution in [2.45, 2.75) is 12.5 Å². The van der Waals surface area contributed by atoms with Crippen LogP contribution in [-0.4, -0.2) is 6.29 Å². The van der Waals surface area contributed by atoms with E-state index in [4.69, 9.17) is 16.3 Å². The monoisotopic (exact) mass is 208 g/mol. The molecule has 1 aromatic carbocycles. The fourth-order valence-electron chi connectivity index (χ4n) is 1.49. The molecule has 1 aromatic rings. The molecule has 0 saturated heterocycles. The second-order valence-corrected chi connectivity index (χ2v) is 3.50. The van der Waals surface area contributed by atoms with Crippen LogP contribution >= 0.6 is 11.6 Å². The van der Waals surface area contributed by atoms with Crippen LogP contribution in [0.4, 0.5) is 0 Å². The first-order valence-electron chi connectivity index (χ1n) is 4.37. The summed E-state index contributed by atoms with van der Waals surface area (Å²) in [4.78, 5) is 10.4. The largest absolute Gasteiger partial charge is 0.482 e. The van der Waals surface area contributed by atoms with Gasteiger partial charge in [0.15, 0.2) is 12.0 Å². The van der Waals surface area contributed by atoms with Gasteiger partial charge in [-0.1, -0.05) is 29.8 Å². The van der Waals surface area contributed by atoms with E-state index in [0.29, 0.717) is 17.2 Å². The van der Waals surface area contributed by atoms with Crippen molar-refractivity contribution >= 4 is 17.9 Å². The van der Waals surface area contributed by atoms with E-state index in [2.05, 4.69) is 0 Å². The van der Waals surface area contributed by atoms with E-state index in [0.717, 1.165) is 11.8 Å². The van der Waals surface area contributed by atoms with Crippen LogP contribution in [0.5, 0.6) is 0 Å². The van der Waals surface area contributed by atoms with Crippen LogP contribution in [0.25, 0.3) is 0 Å². The number of carbonyl (C=O) groups excluding carboxylic acids is 1. The molecule has 1 atom stereocenters. The average molecular weight is 209 g/mol. The quantitative estimate of drug-likeness (QED) is 0.699. The smallest absolute Gasteiger partial charge is 0.184 e. The minimum atomic E-state index is -0.108. The van der Waals surface area contributed by atoms with Crippen LogP contribution in [0.15, 0.2) is 36.1 Å². The molecular formula is C11H9ClO2. The van der Waals surface area contributed by atoms with E-state index in [-0.39, 0.29) is 6.10 Å². The molecule has 2 rings (SSSR count). The Labute approximate surface area is 87.1 Å². The highest BCUT2D eigenvalue weighted by atomic mass is 35.5. The molecule has 0 spiro atoms. The normalized spacial score (nSPS) is 20.1. The topological polar surface area (TPSA) is 26.3 Å². The molecule has 72 valence electrons. The minimum Gasteiger partial charge on any atom is -0.482 e. The summed E-state index contributed by atoms with van der Waals surface area (Å²) in [5, 5.41) is 0.679. The first-order chi connectivity index (χ1) is 6.81. The van der Waals surface area contributed by atoms with Crippen LogP contribution in [0.3, 0.4) is 0 Å². The van der Waals surface area contributed by atoms with Crippen molar-refractivity contribution in [3.05, 3.63) is 46.7 Å². The Morgan fingerprint density at radius 2 is 2.21 bits per heavy atom. The summed E-state index contributed by atoms with van der Waals surface area (Å²) >= 11 is 6.00. The maximum absolute atomic E-state index is 10.4. The van der Waals surface area contributed by atoms with E-state index in [1.165, 1.54) is 0 Å². The van der Waals surface area contributed by atoms with Gasteiger partial charge in [-0.05, 0) is 12.1 Å². The molecule has 0 N–H and O–H groups in total. The van der Waals surface area contributed by atoms with Gasteiger partial charge < -0.3 is 4.74 Å². The number of halogens is 1. The summed E-state index contributed by atoms with van der Waals surface area (Å²) in [6.45, 7) is 0. The molecule has 1 heterocycles. The number of rotatable bonds is 2. The Morgan fingerprint density at radius 1 is 1.43 bits per heavy atom. The number of ether oxygens (including phenoxy) is 1. The van der Waals surface area contributed by atoms with Crippen molar-refractivity contribution < 1.29 is 9.53 Å². The zero-order chi connectivity index (χ0) is 9.97. The molecule has 1 aliphatic rings. The summed E-state index contributed by atoms with van der Waals surface area (Å²) in [7, 11) is 0. The first kappa shape index (κ1) is 9.28. The van der Waals surface area contributed by atoms with Crippen molar-refractivity contribution in [2.24, 2.45) is 0 Å². The van der Waals surface area contributed by atoms with Gasteiger partial charge in [0.25, 0.3) is 0 Å². The molecule has 0 saturated carbocycles. The predicted molar refractivity (Wildman–Crippen MR) is 54.0 cm³/mol. The predicted octanol–water partition coefficient (Wildman–Crippen LogP) is 2.88. The van der Waals surface area contributed by atoms with E-state index in [9.17, 15) is 4.79 Å². The summed E-state index contributed by atoms with van der Waals surface area (Å²) < 4.78 is 5.39. The molecule has 3 heteroatoms. The number of hydrogen-bond acceptors (Lipinski definition) is 2. The number of aldehydes is 1. The Morgan fingerprint density at radius 3 is 2.86 bits per heavy atom. The zero-order valence-electron chi connectivity index (χ0n) is 7.44. The Balaban J connectivity index is 2.20. The van der Waals surface area contributed by atoms with Crippen molar-refractivity contribution in [1.29, 1.82) is 0 Å². The summed E-state index contributed by atoms with van der Waals surface area (Å²) in [6.07, 6.45) is 3.10. The molecule has 0 radical (unpaired) electrons. The van der Waals surface area contributed by atoms with E-state index >= 15 is 0 Å². The Kier molecular flexibility index (Phi) is 2.55. The van der Waals surface area contributed by atoms with Gasteiger partial charge in [0.1, 0.15) is 6.10 Å². The molecule has 1 aliphatic heterocycles. The van der Waals surface area contributed by atoms with Gasteiger partial charge in [0, 0.05) is 17.0 Å². The molecule has 0 fully saturated rings. The second kappa shape index (κ2) is 3.84. The van der Waals surface area contributed by atoms with Gasteiger partial charge in [-0.3, -0.25) is 4.79 Å². The molecule has 0 amide bonds. The van der Waals surface area contributed by atoms with Crippen molar-refractivity contribution in [1.82, 2.24) is 0 Å². The van der Waals surface area contributed by atoms with Crippen molar-refractivity contribution in [3.63, 3.8) is 0 Å². The summed E-state index contributed by atoms with van der Waals surface area (Å²) in [5.41, 5.74) is 0.933. The van der Waals surface area contributed by atoms with Crippen LogP contribution in [0.2, 0.25) is 5.02 Å². The summed E-state index contributed by atoms with van der Waals surface area (Å²) in [6, 6.07) is 7.51. The second-order valence-electron chi connectivity index (χ2n) is 3.09. The number of hydrogen-bond donors (Lipinski definition) is 0. The lowest BCUT2D eigenvalue weighted by Crippen LogP contribution is -1.98. The first-order valence-corrected chi connectivity index (χ1v) is 4.75. The van der Waals surface area contributed by atoms with Crippen LogP contribution < -0.4 is 0 Å². The zero-order valence-corrected chi connectivity index (χ0v) is 8.20. The third kappa shape index (κ3) is 1.66. The third-order valence-corrected chi connectivity index (χ3v) is 2.52. The van der Waals surface area contributed by atoms with Gasteiger partial charge in [0.05, 0.1) is 0 Å². The highest BCUT2D eigenvalue weighted by molar-refractivity contribution is 6.31. The lowest BCUT2D eigenvalue weighted by molar-refractivity contribution is -0.108. The highest BCUT2D eigenvalue weighted by Gasteiger charge is 2.21. The molecule has 0 bridgehead atoms. The summed E-state index contributed by atoms with van der Waals surface area (Å²) in [5.74, 6) is 0.398. The van der Waals surface area contributed by atoms with Crippen LogP contribution in [0.1, 0.15) is 18.1 Å². The molecule has 2 nitrogen and oxygen atoms in total. The van der Waals surface area contributed by atoms with Gasteiger partial charge in [0.2, 0.25) is 0 Å². The van der Waals surface area contributed by atoms with E-state index in [1.807, 2.05) is 24.3 Å². The van der Waals surface area contributed by atoms with Crippen LogP contribution in [0, 0.1) is 0 Å². The molecule has 0 aliphatic carbocycles. The number of benzene rings is 1. The maximum atomic E-state index is 10.4. The Bertz CT molecular complexity index is 385. The highest BCUT2D eigenvalue weighted by Crippen LogP contribution is 2.33. The molecular weight excluding hydrogens is 200 g/mol. The fourth-order valence-corrected chi connectivity index (χ4v) is 1.74. The maximum Gasteiger partial charge on any atom is 0.184 e. The average Bonchev–Trinajstić information content (AvgIpc) is 2.67. The lowest BCUT2D eigenvalue weighted by atomic mass is 10.1. The van der Waals surface area contributed by atoms with Gasteiger partial charge in [-0.25, -0.2) is 0 Å². The minimum absolute atomic E-state index is 0.108. The lowest BCUT2D eigenvalue weighted by Gasteiger charge is -2.12. The van der Waals surface area contributed by atoms with Crippen molar-refractivity contribution in [2.75, 3.05) is 0 Å². The van der Waals surface area contributed by atoms with Gasteiger partial charge in [-0.15, -0.1) is 0 Å². The standard InChI is InChI=1S/C11H9ClO2/c12-10-4-2-1-3-9(10)11-6-5-8(7-13)14-11/h1-5,7,11H,6H2. The number of carbonyl (C=O) groups is 1. The fraction of sp³-hybridized carbons (Fsp3) is 0.182. The molecule has 14 heavy (non-hydrogen) atoms. The number of allylic oxidation sites excluding steroid dienone is 1. The van der Waals surface area contributed by atoms with Gasteiger partial charge >= 0.3 is 0 Å². The van der Waals surface area contributed by atoms with Gasteiger partial charge in [-0.2, -0.15) is 0 Å². The SMILES string of the molecule is O=CC1=CCC(c2ccccc2Cl)O1. The molecule has 1 unspecified atom stereocenters. The molecule has 0 aromatic heterocycles. The van der Waals surface area contributed by atoms with E-state index in [1.54, 1.807) is 6.08 Å². The van der Waals surface area contributed by atoms with E-state index < -0.39 is 0 Å². The van der Waals surface area contributed by atoms with Crippen LogP contribution in [-0.2, 0) is 9.53 Å². The Hall–Kier alpha value is -1.28. The van der Waals surface area contributed by atoms with Crippen molar-refractivity contribution in [3.8, 4) is 0 Å². The third-order valence-electron chi connectivity index (χ3n) is 2.18.